The fraction of sp³-hybridized carbons (Fsp3) is 0.474. The van der Waals surface area contributed by atoms with Crippen molar-refractivity contribution in [1.29, 1.82) is 0 Å². The summed E-state index contributed by atoms with van der Waals surface area (Å²) in [7, 11) is 3.27. The molecule has 6 nitrogen and oxygen atoms in total. The molecule has 3 rings (SSSR count). The van der Waals surface area contributed by atoms with Gasteiger partial charge in [0.05, 0.1) is 7.11 Å². The second kappa shape index (κ2) is 8.16. The van der Waals surface area contributed by atoms with E-state index in [-0.39, 0.29) is 5.91 Å². The van der Waals surface area contributed by atoms with E-state index in [0.29, 0.717) is 24.0 Å². The Morgan fingerprint density at radius 2 is 2.20 bits per heavy atom. The van der Waals surface area contributed by atoms with Gasteiger partial charge in [0.15, 0.2) is 11.5 Å². The first kappa shape index (κ1) is 17.5. The van der Waals surface area contributed by atoms with Gasteiger partial charge in [0.1, 0.15) is 12.4 Å². The van der Waals surface area contributed by atoms with E-state index in [4.69, 9.17) is 14.0 Å². The minimum absolute atomic E-state index is 0.0733. The molecule has 0 radical (unpaired) electrons. The molecule has 0 aliphatic carbocycles. The normalized spacial score (nSPS) is 17.5. The highest BCUT2D eigenvalue weighted by Gasteiger charge is 2.27. The van der Waals surface area contributed by atoms with Crippen molar-refractivity contribution in [3.8, 4) is 5.75 Å². The number of benzene rings is 1. The van der Waals surface area contributed by atoms with Crippen LogP contribution in [0.1, 0.15) is 34.7 Å². The standard InChI is InChI=1S/C19H24N2O4/c1-23-13-16-11-17(20-25-16)19(22)21-9-5-6-14(12-21)10-15-7-3-4-8-18(15)24-2/h3-4,7-8,11,14H,5-6,9-10,12-13H2,1-2H3. The van der Waals surface area contributed by atoms with E-state index >= 15 is 0 Å². The van der Waals surface area contributed by atoms with E-state index in [0.717, 1.165) is 38.1 Å². The Kier molecular flexibility index (Phi) is 5.71. The molecule has 1 unspecified atom stereocenters. The van der Waals surface area contributed by atoms with Crippen LogP contribution in [0, 0.1) is 5.92 Å². The minimum Gasteiger partial charge on any atom is -0.496 e. The van der Waals surface area contributed by atoms with Gasteiger partial charge in [-0.05, 0) is 36.8 Å². The van der Waals surface area contributed by atoms with Gasteiger partial charge in [-0.1, -0.05) is 23.4 Å². The number of aromatic nitrogens is 1. The first-order valence-corrected chi connectivity index (χ1v) is 8.57. The summed E-state index contributed by atoms with van der Waals surface area (Å²) in [5, 5.41) is 3.88. The molecular weight excluding hydrogens is 320 g/mol. The van der Waals surface area contributed by atoms with E-state index in [1.165, 1.54) is 5.56 Å². The fourth-order valence-corrected chi connectivity index (χ4v) is 3.38. The van der Waals surface area contributed by atoms with Gasteiger partial charge in [-0.15, -0.1) is 0 Å². The predicted molar refractivity (Wildman–Crippen MR) is 92.5 cm³/mol. The summed E-state index contributed by atoms with van der Waals surface area (Å²) in [5.41, 5.74) is 1.54. The van der Waals surface area contributed by atoms with Crippen molar-refractivity contribution in [3.63, 3.8) is 0 Å². The van der Waals surface area contributed by atoms with Gasteiger partial charge in [-0.3, -0.25) is 4.79 Å². The van der Waals surface area contributed by atoms with Crippen LogP contribution >= 0.6 is 0 Å². The van der Waals surface area contributed by atoms with Crippen molar-refractivity contribution in [2.24, 2.45) is 5.92 Å². The Balaban J connectivity index is 1.65. The lowest BCUT2D eigenvalue weighted by molar-refractivity contribution is 0.0662. The van der Waals surface area contributed by atoms with E-state index in [2.05, 4.69) is 11.2 Å². The van der Waals surface area contributed by atoms with Gasteiger partial charge < -0.3 is 18.9 Å². The second-order valence-corrected chi connectivity index (χ2v) is 6.39. The summed E-state index contributed by atoms with van der Waals surface area (Å²) in [6.07, 6.45) is 3.01. The lowest BCUT2D eigenvalue weighted by atomic mass is 9.90. The second-order valence-electron chi connectivity index (χ2n) is 6.39. The van der Waals surface area contributed by atoms with Gasteiger partial charge in [-0.2, -0.15) is 0 Å². The first-order valence-electron chi connectivity index (χ1n) is 8.57. The third-order valence-corrected chi connectivity index (χ3v) is 4.57. The van der Waals surface area contributed by atoms with E-state index in [1.807, 2.05) is 23.1 Å². The summed E-state index contributed by atoms with van der Waals surface area (Å²) in [6, 6.07) is 9.73. The molecule has 1 aliphatic heterocycles. The quantitative estimate of drug-likeness (QED) is 0.806. The third-order valence-electron chi connectivity index (χ3n) is 4.57. The van der Waals surface area contributed by atoms with E-state index in [1.54, 1.807) is 20.3 Å². The number of methoxy groups -OCH3 is 2. The summed E-state index contributed by atoms with van der Waals surface area (Å²) in [4.78, 5) is 14.5. The number of carbonyl (C=O) groups is 1. The molecule has 1 saturated heterocycles. The molecule has 0 N–H and O–H groups in total. The molecule has 2 heterocycles. The number of amides is 1. The molecule has 0 spiro atoms. The zero-order chi connectivity index (χ0) is 17.6. The first-order chi connectivity index (χ1) is 12.2. The highest BCUT2D eigenvalue weighted by molar-refractivity contribution is 5.92. The summed E-state index contributed by atoms with van der Waals surface area (Å²) < 4.78 is 15.6. The van der Waals surface area contributed by atoms with Gasteiger partial charge in [0.25, 0.3) is 5.91 Å². The Labute approximate surface area is 147 Å². The van der Waals surface area contributed by atoms with Crippen LogP contribution in [0.25, 0.3) is 0 Å². The molecule has 1 atom stereocenters. The maximum atomic E-state index is 12.7. The molecule has 0 bridgehead atoms. The van der Waals surface area contributed by atoms with Gasteiger partial charge in [0.2, 0.25) is 0 Å². The average molecular weight is 344 g/mol. The molecule has 1 amide bonds. The number of rotatable bonds is 6. The Morgan fingerprint density at radius 1 is 1.36 bits per heavy atom. The van der Waals surface area contributed by atoms with Crippen molar-refractivity contribution in [2.75, 3.05) is 27.3 Å². The molecule has 1 fully saturated rings. The molecule has 2 aromatic rings. The minimum atomic E-state index is -0.0733. The van der Waals surface area contributed by atoms with E-state index in [9.17, 15) is 4.79 Å². The zero-order valence-corrected chi connectivity index (χ0v) is 14.7. The van der Waals surface area contributed by atoms with Gasteiger partial charge in [-0.25, -0.2) is 0 Å². The molecule has 1 aliphatic rings. The number of likely N-dealkylation sites (tertiary alicyclic amines) is 1. The molecular formula is C19H24N2O4. The number of carbonyl (C=O) groups excluding carboxylic acids is 1. The largest absolute Gasteiger partial charge is 0.496 e. The lowest BCUT2D eigenvalue weighted by Crippen LogP contribution is -2.40. The number of hydrogen-bond donors (Lipinski definition) is 0. The highest BCUT2D eigenvalue weighted by atomic mass is 16.5. The van der Waals surface area contributed by atoms with Crippen LogP contribution in [0.2, 0.25) is 0 Å². The Hall–Kier alpha value is -2.34. The molecule has 1 aromatic heterocycles. The SMILES string of the molecule is COCc1cc(C(=O)N2CCCC(Cc3ccccc3OC)C2)no1. The van der Waals surface area contributed by atoms with Gasteiger partial charge >= 0.3 is 0 Å². The van der Waals surface area contributed by atoms with Crippen molar-refractivity contribution in [2.45, 2.75) is 25.9 Å². The highest BCUT2D eigenvalue weighted by Crippen LogP contribution is 2.26. The molecule has 25 heavy (non-hydrogen) atoms. The maximum Gasteiger partial charge on any atom is 0.276 e. The third kappa shape index (κ3) is 4.20. The molecule has 1 aromatic carbocycles. The Morgan fingerprint density at radius 3 is 3.00 bits per heavy atom. The molecule has 0 saturated carbocycles. The van der Waals surface area contributed by atoms with Crippen LogP contribution < -0.4 is 4.74 Å². The number of nitrogens with zero attached hydrogens (tertiary/aromatic N) is 2. The van der Waals surface area contributed by atoms with Crippen LogP contribution in [0.3, 0.4) is 0 Å². The monoisotopic (exact) mass is 344 g/mol. The summed E-state index contributed by atoms with van der Waals surface area (Å²) >= 11 is 0. The van der Waals surface area contributed by atoms with Crippen molar-refractivity contribution in [3.05, 3.63) is 47.3 Å². The maximum absolute atomic E-state index is 12.7. The fourth-order valence-electron chi connectivity index (χ4n) is 3.38. The topological polar surface area (TPSA) is 64.8 Å². The summed E-state index contributed by atoms with van der Waals surface area (Å²) in [6.45, 7) is 1.80. The number of ether oxygens (including phenoxy) is 2. The number of para-hydroxylation sites is 1. The predicted octanol–water partition coefficient (Wildman–Crippen LogP) is 2.92. The van der Waals surface area contributed by atoms with Crippen molar-refractivity contribution < 1.29 is 18.8 Å². The average Bonchev–Trinajstić information content (AvgIpc) is 3.11. The molecule has 134 valence electrons. The van der Waals surface area contributed by atoms with Crippen LogP contribution in [0.15, 0.2) is 34.9 Å². The zero-order valence-electron chi connectivity index (χ0n) is 14.7. The van der Waals surface area contributed by atoms with Crippen LogP contribution in [-0.2, 0) is 17.8 Å². The van der Waals surface area contributed by atoms with Crippen LogP contribution in [-0.4, -0.2) is 43.3 Å². The smallest absolute Gasteiger partial charge is 0.276 e. The van der Waals surface area contributed by atoms with Crippen molar-refractivity contribution >= 4 is 5.91 Å². The van der Waals surface area contributed by atoms with Gasteiger partial charge in [0, 0.05) is 26.3 Å². The van der Waals surface area contributed by atoms with Crippen molar-refractivity contribution in [1.82, 2.24) is 10.1 Å². The molecule has 6 heteroatoms. The van der Waals surface area contributed by atoms with Crippen LogP contribution in [0.4, 0.5) is 0 Å². The number of piperidine rings is 1. The Bertz CT molecular complexity index is 713. The van der Waals surface area contributed by atoms with Crippen LogP contribution in [0.5, 0.6) is 5.75 Å². The summed E-state index contributed by atoms with van der Waals surface area (Å²) in [5.74, 6) is 1.82. The van der Waals surface area contributed by atoms with E-state index < -0.39 is 0 Å². The lowest BCUT2D eigenvalue weighted by Gasteiger charge is -2.32. The number of hydrogen-bond acceptors (Lipinski definition) is 5.